The van der Waals surface area contributed by atoms with Crippen LogP contribution in [-0.4, -0.2) is 24.3 Å². The zero-order valence-electron chi connectivity index (χ0n) is 11.1. The molecule has 0 aromatic heterocycles. The summed E-state index contributed by atoms with van der Waals surface area (Å²) in [5, 5.41) is 11.1. The summed E-state index contributed by atoms with van der Waals surface area (Å²) < 4.78 is 0. The molecule has 0 spiro atoms. The number of benzene rings is 1. The molecule has 3 N–H and O–H groups in total. The number of urea groups is 1. The molecule has 1 atom stereocenters. The molecule has 0 bridgehead atoms. The normalized spacial score (nSPS) is 11.8. The first-order valence-corrected chi connectivity index (χ1v) is 6.17. The van der Waals surface area contributed by atoms with E-state index in [1.807, 2.05) is 31.2 Å². The lowest BCUT2D eigenvalue weighted by atomic mass is 10.1. The molecule has 2 amide bonds. The van der Waals surface area contributed by atoms with Crippen molar-refractivity contribution in [2.45, 2.75) is 26.8 Å². The maximum atomic E-state index is 11.0. The van der Waals surface area contributed by atoms with E-state index >= 15 is 0 Å². The zero-order chi connectivity index (χ0) is 13.5. The molecule has 1 unspecified atom stereocenters. The molecule has 0 radical (unpaired) electrons. The van der Waals surface area contributed by atoms with Crippen LogP contribution in [0, 0.1) is 0 Å². The van der Waals surface area contributed by atoms with E-state index in [0.717, 1.165) is 18.7 Å². The number of nitrogens with one attached hydrogen (secondary N) is 2. The van der Waals surface area contributed by atoms with Gasteiger partial charge in [0, 0.05) is 18.8 Å². The van der Waals surface area contributed by atoms with Crippen LogP contribution < -0.4 is 15.7 Å². The molecule has 1 aromatic rings. The number of hydroxylamine groups is 1. The standard InChI is InChI=1S/C13H21N3O2/c1-4-16(5-2)12-8-6-11(7-9-12)10(3)14-13(17)15-18/h6-10,18H,4-5H2,1-3H3,(H2,14,15,17). The summed E-state index contributed by atoms with van der Waals surface area (Å²) in [6, 6.07) is 7.29. The summed E-state index contributed by atoms with van der Waals surface area (Å²) >= 11 is 0. The van der Waals surface area contributed by atoms with Gasteiger partial charge in [0.05, 0.1) is 6.04 Å². The van der Waals surface area contributed by atoms with Gasteiger partial charge in [0.15, 0.2) is 0 Å². The topological polar surface area (TPSA) is 64.6 Å². The Hall–Kier alpha value is -1.75. The molecule has 0 aliphatic heterocycles. The maximum absolute atomic E-state index is 11.0. The second-order valence-corrected chi connectivity index (χ2v) is 4.07. The Bertz CT molecular complexity index is 374. The number of nitrogens with zero attached hydrogens (tertiary/aromatic N) is 1. The molecule has 0 heterocycles. The van der Waals surface area contributed by atoms with Crippen LogP contribution in [0.3, 0.4) is 0 Å². The van der Waals surface area contributed by atoms with Gasteiger partial charge in [-0.15, -0.1) is 0 Å². The SMILES string of the molecule is CCN(CC)c1ccc(C(C)NC(=O)NO)cc1. The summed E-state index contributed by atoms with van der Waals surface area (Å²) in [6.07, 6.45) is 0. The van der Waals surface area contributed by atoms with Crippen molar-refractivity contribution in [3.63, 3.8) is 0 Å². The van der Waals surface area contributed by atoms with Gasteiger partial charge in [0.2, 0.25) is 0 Å². The third-order valence-electron chi connectivity index (χ3n) is 2.97. The van der Waals surface area contributed by atoms with Crippen LogP contribution in [0.25, 0.3) is 0 Å². The predicted octanol–water partition coefficient (Wildman–Crippen LogP) is 2.28. The number of hydrogen-bond donors (Lipinski definition) is 3. The Balaban J connectivity index is 2.72. The number of hydrogen-bond acceptors (Lipinski definition) is 3. The van der Waals surface area contributed by atoms with Gasteiger partial charge in [-0.05, 0) is 38.5 Å². The van der Waals surface area contributed by atoms with E-state index in [-0.39, 0.29) is 6.04 Å². The lowest BCUT2D eigenvalue weighted by Crippen LogP contribution is -2.34. The van der Waals surface area contributed by atoms with Crippen molar-refractivity contribution in [1.29, 1.82) is 0 Å². The number of rotatable bonds is 5. The Morgan fingerprint density at radius 2 is 1.83 bits per heavy atom. The zero-order valence-corrected chi connectivity index (χ0v) is 11.1. The van der Waals surface area contributed by atoms with Crippen molar-refractivity contribution < 1.29 is 10.0 Å². The summed E-state index contributed by atoms with van der Waals surface area (Å²) in [7, 11) is 0. The molecule has 1 rings (SSSR count). The van der Waals surface area contributed by atoms with E-state index in [1.165, 1.54) is 5.69 Å². The van der Waals surface area contributed by atoms with Gasteiger partial charge in [0.1, 0.15) is 0 Å². The third kappa shape index (κ3) is 3.63. The van der Waals surface area contributed by atoms with Gasteiger partial charge in [-0.1, -0.05) is 12.1 Å². The van der Waals surface area contributed by atoms with Gasteiger partial charge in [0.25, 0.3) is 0 Å². The van der Waals surface area contributed by atoms with Gasteiger partial charge in [-0.3, -0.25) is 5.21 Å². The Morgan fingerprint density at radius 3 is 2.28 bits per heavy atom. The fourth-order valence-electron chi connectivity index (χ4n) is 1.87. The maximum Gasteiger partial charge on any atom is 0.338 e. The minimum absolute atomic E-state index is 0.150. The van der Waals surface area contributed by atoms with E-state index < -0.39 is 6.03 Å². The molecular formula is C13H21N3O2. The molecular weight excluding hydrogens is 230 g/mol. The molecule has 5 nitrogen and oxygen atoms in total. The van der Waals surface area contributed by atoms with Gasteiger partial charge in [-0.2, -0.15) is 0 Å². The van der Waals surface area contributed by atoms with Crippen molar-refractivity contribution >= 4 is 11.7 Å². The first-order valence-electron chi connectivity index (χ1n) is 6.17. The van der Waals surface area contributed by atoms with E-state index in [0.29, 0.717) is 0 Å². The Labute approximate surface area is 108 Å². The smallest absolute Gasteiger partial charge is 0.338 e. The largest absolute Gasteiger partial charge is 0.372 e. The highest BCUT2D eigenvalue weighted by Crippen LogP contribution is 2.18. The molecule has 0 fully saturated rings. The van der Waals surface area contributed by atoms with Crippen molar-refractivity contribution in [2.75, 3.05) is 18.0 Å². The highest BCUT2D eigenvalue weighted by atomic mass is 16.5. The van der Waals surface area contributed by atoms with Crippen LogP contribution in [0.2, 0.25) is 0 Å². The summed E-state index contributed by atoms with van der Waals surface area (Å²) in [6.45, 7) is 8.04. The Morgan fingerprint density at radius 1 is 1.28 bits per heavy atom. The molecule has 0 saturated heterocycles. The monoisotopic (exact) mass is 251 g/mol. The third-order valence-corrected chi connectivity index (χ3v) is 2.97. The first-order chi connectivity index (χ1) is 8.62. The van der Waals surface area contributed by atoms with Crippen LogP contribution in [0.4, 0.5) is 10.5 Å². The molecule has 0 aliphatic rings. The number of anilines is 1. The van der Waals surface area contributed by atoms with Gasteiger partial charge >= 0.3 is 6.03 Å². The first kappa shape index (κ1) is 14.3. The highest BCUT2D eigenvalue weighted by molar-refractivity contribution is 5.73. The molecule has 100 valence electrons. The molecule has 0 aliphatic carbocycles. The summed E-state index contributed by atoms with van der Waals surface area (Å²) in [4.78, 5) is 13.2. The quantitative estimate of drug-likeness (QED) is 0.555. The highest BCUT2D eigenvalue weighted by Gasteiger charge is 2.09. The fraction of sp³-hybridized carbons (Fsp3) is 0.462. The van der Waals surface area contributed by atoms with Crippen LogP contribution in [0.1, 0.15) is 32.4 Å². The number of carbonyl (C=O) groups is 1. The Kier molecular flexibility index (Phi) is 5.45. The molecule has 0 saturated carbocycles. The summed E-state index contributed by atoms with van der Waals surface area (Å²) in [5.41, 5.74) is 3.72. The predicted molar refractivity (Wildman–Crippen MR) is 71.9 cm³/mol. The van der Waals surface area contributed by atoms with Gasteiger partial charge < -0.3 is 10.2 Å². The fourth-order valence-corrected chi connectivity index (χ4v) is 1.87. The molecule has 18 heavy (non-hydrogen) atoms. The lowest BCUT2D eigenvalue weighted by molar-refractivity contribution is 0.159. The van der Waals surface area contributed by atoms with Crippen molar-refractivity contribution in [3.8, 4) is 0 Å². The minimum Gasteiger partial charge on any atom is -0.372 e. The van der Waals surface area contributed by atoms with Crippen LogP contribution >= 0.6 is 0 Å². The number of amides is 2. The molecule has 1 aromatic carbocycles. The second-order valence-electron chi connectivity index (χ2n) is 4.07. The average Bonchev–Trinajstić information content (AvgIpc) is 2.40. The van der Waals surface area contributed by atoms with Gasteiger partial charge in [-0.25, -0.2) is 10.3 Å². The van der Waals surface area contributed by atoms with Crippen molar-refractivity contribution in [2.24, 2.45) is 0 Å². The van der Waals surface area contributed by atoms with Crippen LogP contribution in [0.5, 0.6) is 0 Å². The van der Waals surface area contributed by atoms with Crippen LogP contribution in [-0.2, 0) is 0 Å². The minimum atomic E-state index is -0.602. The second kappa shape index (κ2) is 6.86. The number of carbonyl (C=O) groups excluding carboxylic acids is 1. The van der Waals surface area contributed by atoms with E-state index in [4.69, 9.17) is 5.21 Å². The molecule has 5 heteroatoms. The van der Waals surface area contributed by atoms with E-state index in [9.17, 15) is 4.79 Å². The van der Waals surface area contributed by atoms with E-state index in [2.05, 4.69) is 24.1 Å². The lowest BCUT2D eigenvalue weighted by Gasteiger charge is -2.22. The summed E-state index contributed by atoms with van der Waals surface area (Å²) in [5.74, 6) is 0. The van der Waals surface area contributed by atoms with E-state index in [1.54, 1.807) is 5.48 Å². The van der Waals surface area contributed by atoms with Crippen molar-refractivity contribution in [3.05, 3.63) is 29.8 Å². The van der Waals surface area contributed by atoms with Crippen molar-refractivity contribution in [1.82, 2.24) is 10.8 Å². The average molecular weight is 251 g/mol. The van der Waals surface area contributed by atoms with Crippen LogP contribution in [0.15, 0.2) is 24.3 Å².